The fraction of sp³-hybridized carbons (Fsp3) is 1.00. The van der Waals surface area contributed by atoms with Crippen LogP contribution in [-0.4, -0.2) is 63.4 Å². The highest BCUT2D eigenvalue weighted by Crippen LogP contribution is 2.48. The molecule has 5 N–H and O–H groups in total. The average Bonchev–Trinajstić information content (AvgIpc) is 3.09. The van der Waals surface area contributed by atoms with Gasteiger partial charge in [-0.05, 0) is 25.7 Å². The Balaban J connectivity index is 4.46. The first-order valence-corrected chi connectivity index (χ1v) is 22.3. The zero-order chi connectivity index (χ0) is 35.6. The Morgan fingerprint density at radius 1 is 0.521 bits per heavy atom. The summed E-state index contributed by atoms with van der Waals surface area (Å²) in [6, 6.07) is 0. The Hall–Kier alpha value is -0.0500. The third kappa shape index (κ3) is 30.7. The van der Waals surface area contributed by atoms with Gasteiger partial charge in [0.05, 0.1) is 37.7 Å². The van der Waals surface area contributed by atoms with E-state index >= 15 is 0 Å². The van der Waals surface area contributed by atoms with Crippen LogP contribution < -0.4 is 0 Å². The van der Waals surface area contributed by atoms with Crippen LogP contribution >= 0.6 is 7.60 Å². The molecular weight excluding hydrogens is 627 g/mol. The molecule has 0 spiro atoms. The van der Waals surface area contributed by atoms with Crippen molar-refractivity contribution in [3.05, 3.63) is 0 Å². The smallest absolute Gasteiger partial charge is 0.357 e. The van der Waals surface area contributed by atoms with Crippen LogP contribution in [0, 0.1) is 5.92 Å². The molecule has 0 bridgehead atoms. The largest absolute Gasteiger partial charge is 0.394 e. The number of aliphatic hydroxyl groups excluding tert-OH is 4. The summed E-state index contributed by atoms with van der Waals surface area (Å²) in [7, 11) is -3.92. The lowest BCUT2D eigenvalue weighted by atomic mass is 9.90. The van der Waals surface area contributed by atoms with E-state index in [4.69, 9.17) is 9.63 Å². The van der Waals surface area contributed by atoms with Gasteiger partial charge in [0.25, 0.3) is 0 Å². The summed E-state index contributed by atoms with van der Waals surface area (Å²) in [6.07, 6.45) is 31.6. The first-order chi connectivity index (χ1) is 23.3. The fourth-order valence-corrected chi connectivity index (χ4v) is 7.84. The van der Waals surface area contributed by atoms with E-state index in [0.717, 1.165) is 32.1 Å². The molecule has 0 aromatic rings. The third-order valence-corrected chi connectivity index (χ3v) is 11.5. The molecule has 0 aliphatic heterocycles. The highest BCUT2D eigenvalue weighted by molar-refractivity contribution is 7.53. The minimum atomic E-state index is -3.92. The van der Waals surface area contributed by atoms with Gasteiger partial charge in [0.1, 0.15) is 0 Å². The zero-order valence-electron chi connectivity index (χ0n) is 31.6. The van der Waals surface area contributed by atoms with Crippen LogP contribution in [0.1, 0.15) is 206 Å². The lowest BCUT2D eigenvalue weighted by molar-refractivity contribution is -0.151. The Morgan fingerprint density at radius 2 is 0.896 bits per heavy atom. The fourth-order valence-electron chi connectivity index (χ4n) is 6.54. The summed E-state index contributed by atoms with van der Waals surface area (Å²) in [5.41, 5.74) is 0. The standard InChI is InChI=1S/C39H81O8P/c1-3-5-7-9-11-13-15-17-19-21-23-25-27-29-37(41)33-36(35-46-48(45,47-44)32-31-38(42)34-40)39(43)30-28-26-24-22-20-18-16-14-12-10-8-6-4-2/h36-44H,3-35H2,1-2H3. The van der Waals surface area contributed by atoms with E-state index in [1.54, 1.807) is 0 Å². The second-order valence-corrected chi connectivity index (χ2v) is 16.7. The first-order valence-electron chi connectivity index (χ1n) is 20.5. The Kier molecular flexibility index (Phi) is 35.3. The van der Waals surface area contributed by atoms with Gasteiger partial charge in [-0.2, -0.15) is 4.67 Å². The van der Waals surface area contributed by atoms with E-state index in [2.05, 4.69) is 18.5 Å². The van der Waals surface area contributed by atoms with Gasteiger partial charge in [0.2, 0.25) is 0 Å². The molecule has 290 valence electrons. The van der Waals surface area contributed by atoms with Gasteiger partial charge >= 0.3 is 7.60 Å². The van der Waals surface area contributed by atoms with Gasteiger partial charge in [-0.1, -0.05) is 181 Å². The normalized spacial score (nSPS) is 15.7. The number of hydrogen-bond donors (Lipinski definition) is 5. The molecule has 0 aromatic heterocycles. The number of aliphatic hydroxyl groups is 4. The molecule has 5 atom stereocenters. The lowest BCUT2D eigenvalue weighted by Crippen LogP contribution is -2.29. The molecule has 0 heterocycles. The van der Waals surface area contributed by atoms with Crippen molar-refractivity contribution in [2.24, 2.45) is 5.92 Å². The quantitative estimate of drug-likeness (QED) is 0.0184. The van der Waals surface area contributed by atoms with E-state index in [-0.39, 0.29) is 19.2 Å². The first kappa shape index (κ1) is 48.0. The minimum absolute atomic E-state index is 0.0534. The molecule has 9 heteroatoms. The predicted octanol–water partition coefficient (Wildman–Crippen LogP) is 11.1. The summed E-state index contributed by atoms with van der Waals surface area (Å²) < 4.78 is 22.6. The monoisotopic (exact) mass is 709 g/mol. The van der Waals surface area contributed by atoms with E-state index < -0.39 is 38.4 Å². The summed E-state index contributed by atoms with van der Waals surface area (Å²) in [5.74, 6) is -0.453. The van der Waals surface area contributed by atoms with Crippen LogP contribution in [0.15, 0.2) is 0 Å². The highest BCUT2D eigenvalue weighted by Gasteiger charge is 2.30. The van der Waals surface area contributed by atoms with Crippen LogP contribution in [0.4, 0.5) is 0 Å². The van der Waals surface area contributed by atoms with Crippen molar-refractivity contribution in [3.63, 3.8) is 0 Å². The Bertz CT molecular complexity index is 697. The molecule has 0 amide bonds. The Labute approximate surface area is 296 Å². The van der Waals surface area contributed by atoms with Gasteiger partial charge in [0, 0.05) is 5.92 Å². The minimum Gasteiger partial charge on any atom is -0.394 e. The molecule has 0 aliphatic carbocycles. The second kappa shape index (κ2) is 35.4. The summed E-state index contributed by atoms with van der Waals surface area (Å²) in [5, 5.41) is 49.9. The number of hydrogen-bond acceptors (Lipinski definition) is 8. The molecular formula is C39H81O8P. The molecule has 0 aliphatic rings. The van der Waals surface area contributed by atoms with E-state index in [9.17, 15) is 25.1 Å². The molecule has 0 saturated heterocycles. The summed E-state index contributed by atoms with van der Waals surface area (Å²) >= 11 is 0. The molecule has 8 nitrogen and oxygen atoms in total. The topological polar surface area (TPSA) is 137 Å². The van der Waals surface area contributed by atoms with Crippen molar-refractivity contribution < 1.29 is 39.4 Å². The van der Waals surface area contributed by atoms with Crippen LogP contribution in [0.3, 0.4) is 0 Å². The van der Waals surface area contributed by atoms with Crippen LogP contribution in [0.2, 0.25) is 0 Å². The van der Waals surface area contributed by atoms with Crippen molar-refractivity contribution in [1.82, 2.24) is 0 Å². The average molecular weight is 709 g/mol. The van der Waals surface area contributed by atoms with Gasteiger partial charge in [0.15, 0.2) is 0 Å². The van der Waals surface area contributed by atoms with Crippen molar-refractivity contribution in [2.45, 2.75) is 225 Å². The lowest BCUT2D eigenvalue weighted by Gasteiger charge is -2.27. The summed E-state index contributed by atoms with van der Waals surface area (Å²) in [4.78, 5) is 0. The van der Waals surface area contributed by atoms with Gasteiger partial charge in [-0.15, -0.1) is 0 Å². The highest BCUT2D eigenvalue weighted by atomic mass is 31.2. The zero-order valence-corrected chi connectivity index (χ0v) is 32.4. The molecule has 0 rings (SSSR count). The molecule has 5 unspecified atom stereocenters. The predicted molar refractivity (Wildman–Crippen MR) is 201 cm³/mol. The third-order valence-electron chi connectivity index (χ3n) is 9.92. The van der Waals surface area contributed by atoms with E-state index in [1.807, 2.05) is 0 Å². The number of rotatable bonds is 39. The maximum absolute atomic E-state index is 12.9. The number of unbranched alkanes of at least 4 members (excludes halogenated alkanes) is 24. The SMILES string of the molecule is CCCCCCCCCCCCCCCC(O)CC(COP(=O)(CCC(O)CO)OO)C(O)CCCCCCCCCCCCCCC. The van der Waals surface area contributed by atoms with Crippen molar-refractivity contribution >= 4 is 7.60 Å². The van der Waals surface area contributed by atoms with Gasteiger partial charge < -0.3 is 24.9 Å². The van der Waals surface area contributed by atoms with Crippen LogP contribution in [0.5, 0.6) is 0 Å². The van der Waals surface area contributed by atoms with Crippen molar-refractivity contribution in [1.29, 1.82) is 0 Å². The van der Waals surface area contributed by atoms with Gasteiger partial charge in [-0.3, -0.25) is 4.57 Å². The molecule has 0 radical (unpaired) electrons. The van der Waals surface area contributed by atoms with Crippen molar-refractivity contribution in [2.75, 3.05) is 19.4 Å². The summed E-state index contributed by atoms with van der Waals surface area (Å²) in [6.45, 7) is 3.90. The van der Waals surface area contributed by atoms with Crippen LogP contribution in [0.25, 0.3) is 0 Å². The molecule has 0 aromatic carbocycles. The van der Waals surface area contributed by atoms with Gasteiger partial charge in [-0.25, -0.2) is 5.26 Å². The Morgan fingerprint density at radius 3 is 1.27 bits per heavy atom. The maximum atomic E-state index is 12.9. The molecule has 0 saturated carbocycles. The van der Waals surface area contributed by atoms with Crippen molar-refractivity contribution in [3.8, 4) is 0 Å². The second-order valence-electron chi connectivity index (χ2n) is 14.6. The maximum Gasteiger partial charge on any atom is 0.357 e. The van der Waals surface area contributed by atoms with E-state index in [1.165, 1.54) is 135 Å². The van der Waals surface area contributed by atoms with Crippen LogP contribution in [-0.2, 0) is 13.8 Å². The molecule has 0 fully saturated rings. The van der Waals surface area contributed by atoms with E-state index in [0.29, 0.717) is 19.3 Å². The molecule has 48 heavy (non-hydrogen) atoms.